The summed E-state index contributed by atoms with van der Waals surface area (Å²) in [5.74, 6) is 0.764. The lowest BCUT2D eigenvalue weighted by Gasteiger charge is -1.98. The van der Waals surface area contributed by atoms with E-state index >= 15 is 0 Å². The van der Waals surface area contributed by atoms with Gasteiger partial charge in [-0.1, -0.05) is 12.1 Å². The van der Waals surface area contributed by atoms with Crippen molar-refractivity contribution in [2.45, 2.75) is 18.4 Å². The molecular formula is C12H13ClN2OS. The number of nitrogens with zero attached hydrogens (tertiary/aromatic N) is 1. The first-order valence-corrected chi connectivity index (χ1v) is 6.07. The Morgan fingerprint density at radius 2 is 2.06 bits per heavy atom. The van der Waals surface area contributed by atoms with Gasteiger partial charge in [-0.25, -0.2) is 4.98 Å². The highest BCUT2D eigenvalue weighted by Gasteiger charge is 2.36. The molecule has 3 N–H and O–H groups in total. The van der Waals surface area contributed by atoms with Gasteiger partial charge in [-0.3, -0.25) is 0 Å². The first-order chi connectivity index (χ1) is 7.75. The summed E-state index contributed by atoms with van der Waals surface area (Å²) < 4.78 is 0. The number of rotatable bonds is 2. The van der Waals surface area contributed by atoms with E-state index in [1.807, 2.05) is 24.4 Å². The van der Waals surface area contributed by atoms with Gasteiger partial charge in [0.25, 0.3) is 0 Å². The zero-order chi connectivity index (χ0) is 11.1. The summed E-state index contributed by atoms with van der Waals surface area (Å²) in [5.41, 5.74) is 6.60. The molecule has 0 spiro atoms. The zero-order valence-corrected chi connectivity index (χ0v) is 10.7. The minimum absolute atomic E-state index is 0. The number of phenolic OH excluding ortho intramolecular Hbond substituents is 1. The molecule has 1 aromatic carbocycles. The molecule has 0 aliphatic heterocycles. The molecule has 5 heteroatoms. The van der Waals surface area contributed by atoms with Crippen molar-refractivity contribution in [1.29, 1.82) is 0 Å². The molecule has 0 amide bonds. The van der Waals surface area contributed by atoms with Crippen molar-refractivity contribution < 1.29 is 5.11 Å². The second-order valence-corrected chi connectivity index (χ2v) is 5.15. The third kappa shape index (κ3) is 2.29. The predicted molar refractivity (Wildman–Crippen MR) is 71.8 cm³/mol. The maximum Gasteiger partial charge on any atom is 0.127 e. The maximum atomic E-state index is 9.72. The van der Waals surface area contributed by atoms with E-state index in [4.69, 9.17) is 5.73 Å². The van der Waals surface area contributed by atoms with Crippen LogP contribution in [0.3, 0.4) is 0 Å². The van der Waals surface area contributed by atoms with Crippen LogP contribution >= 0.6 is 23.7 Å². The highest BCUT2D eigenvalue weighted by molar-refractivity contribution is 7.15. The third-order valence-corrected chi connectivity index (χ3v) is 4.03. The zero-order valence-electron chi connectivity index (χ0n) is 9.04. The van der Waals surface area contributed by atoms with Crippen molar-refractivity contribution in [2.24, 2.45) is 5.73 Å². The monoisotopic (exact) mass is 268 g/mol. The fraction of sp³-hybridized carbons (Fsp3) is 0.250. The molecule has 3 nitrogen and oxygen atoms in total. The Balaban J connectivity index is 0.00000108. The number of halogens is 1. The predicted octanol–water partition coefficient (Wildman–Crippen LogP) is 2.75. The van der Waals surface area contributed by atoms with Crippen molar-refractivity contribution in [2.75, 3.05) is 0 Å². The molecule has 2 aromatic rings. The quantitative estimate of drug-likeness (QED) is 0.880. The van der Waals surface area contributed by atoms with Gasteiger partial charge in [0.1, 0.15) is 10.8 Å². The average molecular weight is 269 g/mol. The van der Waals surface area contributed by atoms with E-state index in [2.05, 4.69) is 4.98 Å². The molecule has 2 unspecified atom stereocenters. The highest BCUT2D eigenvalue weighted by atomic mass is 35.5. The molecule has 17 heavy (non-hydrogen) atoms. The van der Waals surface area contributed by atoms with E-state index in [0.717, 1.165) is 17.0 Å². The minimum atomic E-state index is 0. The number of nitrogens with two attached hydrogens (primary N) is 1. The molecule has 3 rings (SSSR count). The fourth-order valence-corrected chi connectivity index (χ4v) is 2.92. The summed E-state index contributed by atoms with van der Waals surface area (Å²) >= 11 is 1.62. The standard InChI is InChI=1S/C12H12N2OS.ClH/c13-9-5-8(9)11-6-14-12(16-11)7-3-1-2-4-10(7)15;/h1-4,6,8-9,15H,5,13H2;1H. The Kier molecular flexibility index (Phi) is 3.38. The van der Waals surface area contributed by atoms with E-state index in [0.29, 0.717) is 12.0 Å². The highest BCUT2D eigenvalue weighted by Crippen LogP contribution is 2.44. The van der Waals surface area contributed by atoms with Crippen LogP contribution < -0.4 is 5.73 Å². The Hall–Kier alpha value is -1.10. The first-order valence-electron chi connectivity index (χ1n) is 5.25. The molecule has 1 aliphatic rings. The largest absolute Gasteiger partial charge is 0.507 e. The number of para-hydroxylation sites is 1. The summed E-state index contributed by atoms with van der Waals surface area (Å²) in [4.78, 5) is 5.57. The van der Waals surface area contributed by atoms with Crippen molar-refractivity contribution in [3.8, 4) is 16.3 Å². The number of aromatic nitrogens is 1. The van der Waals surface area contributed by atoms with Gasteiger partial charge in [0.05, 0.1) is 5.56 Å². The van der Waals surface area contributed by atoms with Gasteiger partial charge in [-0.2, -0.15) is 0 Å². The second kappa shape index (κ2) is 4.64. The Morgan fingerprint density at radius 1 is 1.35 bits per heavy atom. The molecule has 1 fully saturated rings. The van der Waals surface area contributed by atoms with E-state index in [1.165, 1.54) is 4.88 Å². The van der Waals surface area contributed by atoms with Gasteiger partial charge >= 0.3 is 0 Å². The molecule has 0 saturated heterocycles. The molecule has 1 aliphatic carbocycles. The topological polar surface area (TPSA) is 59.1 Å². The van der Waals surface area contributed by atoms with Gasteiger partial charge in [0.2, 0.25) is 0 Å². The van der Waals surface area contributed by atoms with Crippen LogP contribution in [0.2, 0.25) is 0 Å². The Bertz CT molecular complexity index is 529. The van der Waals surface area contributed by atoms with Crippen LogP contribution in [0, 0.1) is 0 Å². The summed E-state index contributed by atoms with van der Waals surface area (Å²) in [6.07, 6.45) is 2.94. The van der Waals surface area contributed by atoms with Gasteiger partial charge in [0, 0.05) is 23.0 Å². The van der Waals surface area contributed by atoms with Gasteiger partial charge in [-0.15, -0.1) is 23.7 Å². The minimum Gasteiger partial charge on any atom is -0.507 e. The molecule has 0 radical (unpaired) electrons. The van der Waals surface area contributed by atoms with Crippen LogP contribution in [0.4, 0.5) is 0 Å². The van der Waals surface area contributed by atoms with Gasteiger partial charge < -0.3 is 10.8 Å². The van der Waals surface area contributed by atoms with Crippen molar-refractivity contribution in [3.63, 3.8) is 0 Å². The summed E-state index contributed by atoms with van der Waals surface area (Å²) in [6.45, 7) is 0. The number of benzene rings is 1. The van der Waals surface area contributed by atoms with E-state index < -0.39 is 0 Å². The average Bonchev–Trinajstić information content (AvgIpc) is 2.82. The lowest BCUT2D eigenvalue weighted by atomic mass is 10.2. The summed E-state index contributed by atoms with van der Waals surface area (Å²) in [7, 11) is 0. The molecule has 0 bridgehead atoms. The van der Waals surface area contributed by atoms with Crippen LogP contribution in [-0.2, 0) is 0 Å². The number of hydrogen-bond donors (Lipinski definition) is 2. The second-order valence-electron chi connectivity index (χ2n) is 4.09. The number of hydrogen-bond acceptors (Lipinski definition) is 4. The van der Waals surface area contributed by atoms with Crippen LogP contribution in [-0.4, -0.2) is 16.1 Å². The molecule has 1 aromatic heterocycles. The van der Waals surface area contributed by atoms with Crippen LogP contribution in [0.1, 0.15) is 17.2 Å². The lowest BCUT2D eigenvalue weighted by molar-refractivity contribution is 0.477. The van der Waals surface area contributed by atoms with Crippen molar-refractivity contribution in [1.82, 2.24) is 4.98 Å². The van der Waals surface area contributed by atoms with Crippen LogP contribution in [0.25, 0.3) is 10.6 Å². The molecule has 1 saturated carbocycles. The smallest absolute Gasteiger partial charge is 0.127 e. The number of thiazole rings is 1. The molecule has 90 valence electrons. The number of aromatic hydroxyl groups is 1. The van der Waals surface area contributed by atoms with Crippen LogP contribution in [0.5, 0.6) is 5.75 Å². The third-order valence-electron chi connectivity index (χ3n) is 2.86. The van der Waals surface area contributed by atoms with Crippen LogP contribution in [0.15, 0.2) is 30.5 Å². The van der Waals surface area contributed by atoms with Crippen molar-refractivity contribution in [3.05, 3.63) is 35.3 Å². The van der Waals surface area contributed by atoms with Crippen molar-refractivity contribution >= 4 is 23.7 Å². The van der Waals surface area contributed by atoms with E-state index in [-0.39, 0.29) is 18.2 Å². The van der Waals surface area contributed by atoms with E-state index in [9.17, 15) is 5.11 Å². The van der Waals surface area contributed by atoms with E-state index in [1.54, 1.807) is 17.4 Å². The van der Waals surface area contributed by atoms with Gasteiger partial charge in [0.15, 0.2) is 0 Å². The first kappa shape index (κ1) is 12.4. The Labute approximate surface area is 110 Å². The number of phenols is 1. The molecule has 1 heterocycles. The molecular weight excluding hydrogens is 256 g/mol. The lowest BCUT2D eigenvalue weighted by Crippen LogP contribution is -1.99. The molecule has 2 atom stereocenters. The Morgan fingerprint density at radius 3 is 2.71 bits per heavy atom. The summed E-state index contributed by atoms with van der Waals surface area (Å²) in [5, 5.41) is 10.6. The van der Waals surface area contributed by atoms with Gasteiger partial charge in [-0.05, 0) is 18.6 Å². The fourth-order valence-electron chi connectivity index (χ4n) is 1.78. The summed E-state index contributed by atoms with van der Waals surface area (Å²) in [6, 6.07) is 7.57. The normalized spacial score (nSPS) is 21.9. The SMILES string of the molecule is Cl.NC1CC1c1cnc(-c2ccccc2O)s1. The maximum absolute atomic E-state index is 9.72.